The second-order valence-electron chi connectivity index (χ2n) is 15.8. The molecule has 1 amide bonds. The number of halogens is 1. The van der Waals surface area contributed by atoms with E-state index >= 15 is 0 Å². The van der Waals surface area contributed by atoms with Gasteiger partial charge in [-0.05, 0) is 90.9 Å². The lowest BCUT2D eigenvalue weighted by Crippen LogP contribution is -2.48. The highest BCUT2D eigenvalue weighted by atomic mass is 35.5. The van der Waals surface area contributed by atoms with Gasteiger partial charge in [0.15, 0.2) is 0 Å². The Labute approximate surface area is 356 Å². The van der Waals surface area contributed by atoms with Gasteiger partial charge in [0.05, 0.1) is 55.8 Å². The molecule has 2 aromatic heterocycles. The quantitative estimate of drug-likeness (QED) is 0.0598. The van der Waals surface area contributed by atoms with Crippen molar-refractivity contribution in [1.82, 2.24) is 19.6 Å². The molecule has 1 atom stereocenters. The maximum atomic E-state index is 13.8. The van der Waals surface area contributed by atoms with Crippen LogP contribution in [0.25, 0.3) is 16.6 Å². The van der Waals surface area contributed by atoms with Crippen molar-refractivity contribution in [2.45, 2.75) is 30.3 Å². The number of H-pyrrole nitrogens is 1. The number of amides is 1. The second kappa shape index (κ2) is 17.8. The molecule has 0 radical (unpaired) electrons. The molecule has 5 heterocycles. The number of hydrogen-bond acceptors (Lipinski definition) is 12. The predicted molar refractivity (Wildman–Crippen MR) is 232 cm³/mol. The zero-order valence-electron chi connectivity index (χ0n) is 33.0. The van der Waals surface area contributed by atoms with Gasteiger partial charge in [0, 0.05) is 84.0 Å². The van der Waals surface area contributed by atoms with Crippen LogP contribution in [0.1, 0.15) is 35.2 Å². The highest BCUT2D eigenvalue weighted by Gasteiger charge is 2.42. The number of benzene rings is 3. The summed E-state index contributed by atoms with van der Waals surface area (Å²) in [7, 11) is 0. The Morgan fingerprint density at radius 2 is 1.88 bits per heavy atom. The smallest absolute Gasteiger partial charge is 0.293 e. The number of hydrogen-bond donors (Lipinski definition) is 3. The van der Waals surface area contributed by atoms with Gasteiger partial charge >= 0.3 is 0 Å². The van der Waals surface area contributed by atoms with Crippen LogP contribution in [-0.4, -0.2) is 104 Å². The van der Waals surface area contributed by atoms with E-state index in [2.05, 4.69) is 41.9 Å². The Balaban J connectivity index is 0.894. The average molecular weight is 852 g/mol. The first-order valence-electron chi connectivity index (χ1n) is 20.2. The summed E-state index contributed by atoms with van der Waals surface area (Å²) in [5, 5.41) is 16.8. The molecule has 3 fully saturated rings. The standard InChI is InChI=1S/C44H46ClN7O7S/c45-32-3-1-29(2-4-32)38-22-44(27-57-28-44)11-9-31(38)25-50-13-15-51(16-14-50)33-5-7-37(41(20-33)59-34-19-30-10-12-46-42(30)48-23-34)43(53)49-60-36-6-8-39(40(21-36)52(54)55)47-24-35-26-56-17-18-58-35/h1-8,10,12,19-21,23,35,47H,9,11,13-18,22,24-28H2,(H,46,48)(H,49,53)/t35-/m1/s1. The molecule has 3 aliphatic heterocycles. The highest BCUT2D eigenvalue weighted by Crippen LogP contribution is 2.48. The lowest BCUT2D eigenvalue weighted by molar-refractivity contribution is -0.384. The van der Waals surface area contributed by atoms with Crippen LogP contribution in [0.3, 0.4) is 0 Å². The van der Waals surface area contributed by atoms with Crippen molar-refractivity contribution >= 4 is 63.1 Å². The summed E-state index contributed by atoms with van der Waals surface area (Å²) in [4.78, 5) is 38.4. The molecule has 0 bridgehead atoms. The topological polar surface area (TPSA) is 156 Å². The average Bonchev–Trinajstić information content (AvgIpc) is 3.74. The number of rotatable bonds is 13. The van der Waals surface area contributed by atoms with Crippen LogP contribution in [0.2, 0.25) is 5.02 Å². The van der Waals surface area contributed by atoms with Gasteiger partial charge in [-0.3, -0.25) is 24.5 Å². The molecule has 14 nitrogen and oxygen atoms in total. The Morgan fingerprint density at radius 3 is 2.65 bits per heavy atom. The summed E-state index contributed by atoms with van der Waals surface area (Å²) in [6, 6.07) is 22.5. The molecule has 1 spiro atoms. The number of nitrogens with one attached hydrogen (secondary N) is 3. The summed E-state index contributed by atoms with van der Waals surface area (Å²) < 4.78 is 26.1. The zero-order valence-corrected chi connectivity index (χ0v) is 34.6. The van der Waals surface area contributed by atoms with Crippen molar-refractivity contribution < 1.29 is 28.7 Å². The number of allylic oxidation sites excluding steroid dienone is 1. The molecule has 9 rings (SSSR count). The van der Waals surface area contributed by atoms with Crippen LogP contribution in [0.15, 0.2) is 95.7 Å². The maximum absolute atomic E-state index is 13.8. The fourth-order valence-corrected chi connectivity index (χ4v) is 9.11. The number of nitrogens with zero attached hydrogens (tertiary/aromatic N) is 4. The first-order valence-corrected chi connectivity index (χ1v) is 21.4. The molecule has 4 aliphatic rings. The van der Waals surface area contributed by atoms with E-state index in [1.807, 2.05) is 42.6 Å². The number of pyridine rings is 1. The maximum Gasteiger partial charge on any atom is 0.293 e. The molecule has 3 N–H and O–H groups in total. The van der Waals surface area contributed by atoms with E-state index in [1.165, 1.54) is 22.8 Å². The van der Waals surface area contributed by atoms with Gasteiger partial charge < -0.3 is 34.1 Å². The van der Waals surface area contributed by atoms with Crippen molar-refractivity contribution in [3.05, 3.63) is 117 Å². The lowest BCUT2D eigenvalue weighted by Gasteiger charge is -2.46. The van der Waals surface area contributed by atoms with Crippen molar-refractivity contribution in [2.75, 3.05) is 82.5 Å². The van der Waals surface area contributed by atoms with E-state index < -0.39 is 10.8 Å². The molecule has 5 aromatic rings. The summed E-state index contributed by atoms with van der Waals surface area (Å²) in [6.07, 6.45) is 6.50. The minimum atomic E-state index is -0.446. The summed E-state index contributed by atoms with van der Waals surface area (Å²) in [6.45, 7) is 7.80. The zero-order chi connectivity index (χ0) is 41.1. The Hall–Kier alpha value is -5.16. The molecule has 16 heteroatoms. The third kappa shape index (κ3) is 9.11. The summed E-state index contributed by atoms with van der Waals surface area (Å²) in [5.74, 6) is 0.453. The lowest BCUT2D eigenvalue weighted by atomic mass is 9.69. The number of carbonyl (C=O) groups is 1. The van der Waals surface area contributed by atoms with Crippen molar-refractivity contribution in [3.8, 4) is 11.5 Å². The van der Waals surface area contributed by atoms with Gasteiger partial charge in [0.1, 0.15) is 22.8 Å². The highest BCUT2D eigenvalue weighted by molar-refractivity contribution is 7.98. The minimum absolute atomic E-state index is 0.110. The molecule has 3 saturated heterocycles. The van der Waals surface area contributed by atoms with Gasteiger partial charge in [0.25, 0.3) is 11.6 Å². The number of piperazine rings is 1. The van der Waals surface area contributed by atoms with E-state index in [0.717, 1.165) is 98.9 Å². The fraction of sp³-hybridized carbons (Fsp3) is 0.364. The summed E-state index contributed by atoms with van der Waals surface area (Å²) in [5.41, 5.74) is 6.69. The molecule has 60 heavy (non-hydrogen) atoms. The van der Waals surface area contributed by atoms with E-state index in [0.29, 0.717) is 54.0 Å². The number of nitro groups is 1. The van der Waals surface area contributed by atoms with Crippen LogP contribution in [0.5, 0.6) is 11.5 Å². The van der Waals surface area contributed by atoms with Crippen LogP contribution < -0.4 is 19.7 Å². The monoisotopic (exact) mass is 851 g/mol. The van der Waals surface area contributed by atoms with Gasteiger partial charge in [-0.25, -0.2) is 4.98 Å². The van der Waals surface area contributed by atoms with Crippen LogP contribution in [0.4, 0.5) is 17.1 Å². The van der Waals surface area contributed by atoms with Crippen molar-refractivity contribution in [2.24, 2.45) is 5.41 Å². The van der Waals surface area contributed by atoms with Gasteiger partial charge in [-0.1, -0.05) is 29.3 Å². The molecule has 1 aliphatic carbocycles. The number of carbonyl (C=O) groups excluding carboxylic acids is 1. The number of aromatic amines is 1. The van der Waals surface area contributed by atoms with Crippen LogP contribution in [0, 0.1) is 15.5 Å². The summed E-state index contributed by atoms with van der Waals surface area (Å²) >= 11 is 7.26. The number of fused-ring (bicyclic) bond motifs is 1. The number of anilines is 2. The van der Waals surface area contributed by atoms with E-state index in [-0.39, 0.29) is 17.2 Å². The number of ether oxygens (including phenoxy) is 4. The van der Waals surface area contributed by atoms with E-state index in [9.17, 15) is 14.9 Å². The first-order chi connectivity index (χ1) is 29.3. The second-order valence-corrected chi connectivity index (χ2v) is 17.1. The van der Waals surface area contributed by atoms with Crippen molar-refractivity contribution in [3.63, 3.8) is 0 Å². The van der Waals surface area contributed by atoms with Gasteiger partial charge in [-0.2, -0.15) is 0 Å². The molecule has 3 aromatic carbocycles. The molecule has 0 saturated carbocycles. The van der Waals surface area contributed by atoms with Crippen molar-refractivity contribution in [1.29, 1.82) is 0 Å². The normalized spacial score (nSPS) is 19.3. The largest absolute Gasteiger partial charge is 0.455 e. The van der Waals surface area contributed by atoms with Gasteiger partial charge in [-0.15, -0.1) is 0 Å². The predicted octanol–water partition coefficient (Wildman–Crippen LogP) is 7.96. The Morgan fingerprint density at radius 1 is 1.03 bits per heavy atom. The molecular formula is C44H46ClN7O7S. The Bertz CT molecular complexity index is 2390. The molecule has 0 unspecified atom stereocenters. The Kier molecular flexibility index (Phi) is 12.0. The third-order valence-corrected chi connectivity index (χ3v) is 12.8. The fourth-order valence-electron chi connectivity index (χ4n) is 8.35. The molecule has 312 valence electrons. The SMILES string of the molecule is O=C(NSc1ccc(NC[C@@H]2COCCO2)c([N+](=O)[O-])c1)c1ccc(N2CCN(CC3=C(c4ccc(Cl)cc4)CC4(CC3)COC4)CC2)cc1Oc1cnc2[nH]ccc2c1. The van der Waals surface area contributed by atoms with Crippen LogP contribution >= 0.6 is 23.5 Å². The molecular weight excluding hydrogens is 806 g/mol. The minimum Gasteiger partial charge on any atom is -0.455 e. The van der Waals surface area contributed by atoms with E-state index in [1.54, 1.807) is 24.4 Å². The van der Waals surface area contributed by atoms with Crippen LogP contribution in [-0.2, 0) is 14.2 Å². The number of nitro benzene ring substituents is 1. The number of aromatic nitrogens is 2. The third-order valence-electron chi connectivity index (χ3n) is 11.7. The van der Waals surface area contributed by atoms with Gasteiger partial charge in [0.2, 0.25) is 0 Å². The van der Waals surface area contributed by atoms with E-state index in [4.69, 9.17) is 30.5 Å². The first kappa shape index (κ1) is 40.3.